The van der Waals surface area contributed by atoms with Crippen LogP contribution in [0.3, 0.4) is 0 Å². The van der Waals surface area contributed by atoms with E-state index in [1.54, 1.807) is 0 Å². The normalized spacial score (nSPS) is 11.1. The van der Waals surface area contributed by atoms with Crippen LogP contribution in [0.1, 0.15) is 15.9 Å². The standard InChI is InChI=1S/C17H14N4O4/c1-20-10-11(13-4-2-3-5-15(13)20)9-18-19-17(23)14-8-12(21(24)25)6-7-16(14)22/h2-10,22H,1H3,(H,19,23)/b18-9-. The molecule has 0 aliphatic heterocycles. The van der Waals surface area contributed by atoms with Crippen molar-refractivity contribution in [2.45, 2.75) is 0 Å². The molecule has 0 radical (unpaired) electrons. The highest BCUT2D eigenvalue weighted by Crippen LogP contribution is 2.23. The van der Waals surface area contributed by atoms with Gasteiger partial charge in [-0.15, -0.1) is 0 Å². The molecule has 2 aromatic carbocycles. The minimum absolute atomic E-state index is 0.218. The van der Waals surface area contributed by atoms with Crippen molar-refractivity contribution in [3.05, 3.63) is 69.9 Å². The number of aromatic nitrogens is 1. The van der Waals surface area contributed by atoms with E-state index < -0.39 is 10.8 Å². The Labute approximate surface area is 142 Å². The number of nitro benzene ring substituents is 1. The number of hydrazone groups is 1. The number of hydrogen-bond acceptors (Lipinski definition) is 5. The van der Waals surface area contributed by atoms with Crippen LogP contribution in [0, 0.1) is 10.1 Å². The smallest absolute Gasteiger partial charge is 0.275 e. The second kappa shape index (κ2) is 6.44. The molecule has 3 rings (SSSR count). The highest BCUT2D eigenvalue weighted by atomic mass is 16.6. The number of amides is 1. The fourth-order valence-corrected chi connectivity index (χ4v) is 2.52. The molecule has 1 aromatic heterocycles. The minimum atomic E-state index is -0.738. The molecule has 0 unspecified atom stereocenters. The molecule has 8 heteroatoms. The predicted molar refractivity (Wildman–Crippen MR) is 92.7 cm³/mol. The zero-order chi connectivity index (χ0) is 18.0. The second-order valence-corrected chi connectivity index (χ2v) is 5.37. The van der Waals surface area contributed by atoms with Gasteiger partial charge in [-0.3, -0.25) is 14.9 Å². The Morgan fingerprint density at radius 3 is 2.84 bits per heavy atom. The number of nitro groups is 1. The number of fused-ring (bicyclic) bond motifs is 1. The van der Waals surface area contributed by atoms with Crippen LogP contribution in [0.25, 0.3) is 10.9 Å². The average molecular weight is 338 g/mol. The van der Waals surface area contributed by atoms with Crippen molar-refractivity contribution in [1.82, 2.24) is 9.99 Å². The van der Waals surface area contributed by atoms with Crippen molar-refractivity contribution in [2.24, 2.45) is 12.1 Å². The molecular formula is C17H14N4O4. The Kier molecular flexibility index (Phi) is 4.17. The third kappa shape index (κ3) is 3.18. The Hall–Kier alpha value is -3.68. The first kappa shape index (κ1) is 16.2. The first-order chi connectivity index (χ1) is 12.0. The van der Waals surface area contributed by atoms with Gasteiger partial charge < -0.3 is 9.67 Å². The zero-order valence-electron chi connectivity index (χ0n) is 13.2. The maximum Gasteiger partial charge on any atom is 0.275 e. The van der Waals surface area contributed by atoms with Gasteiger partial charge >= 0.3 is 0 Å². The topological polar surface area (TPSA) is 110 Å². The average Bonchev–Trinajstić information content (AvgIpc) is 2.91. The molecule has 1 heterocycles. The van der Waals surface area contributed by atoms with E-state index in [-0.39, 0.29) is 17.0 Å². The molecule has 1 amide bonds. The van der Waals surface area contributed by atoms with E-state index in [9.17, 15) is 20.0 Å². The van der Waals surface area contributed by atoms with Gasteiger partial charge in [0.25, 0.3) is 11.6 Å². The van der Waals surface area contributed by atoms with E-state index in [0.717, 1.165) is 34.7 Å². The molecule has 0 bridgehead atoms. The summed E-state index contributed by atoms with van der Waals surface area (Å²) in [6.45, 7) is 0. The predicted octanol–water partition coefficient (Wildman–Crippen LogP) is 2.56. The minimum Gasteiger partial charge on any atom is -0.507 e. The lowest BCUT2D eigenvalue weighted by atomic mass is 10.1. The van der Waals surface area contributed by atoms with Crippen molar-refractivity contribution < 1.29 is 14.8 Å². The number of rotatable bonds is 4. The van der Waals surface area contributed by atoms with Crippen LogP contribution in [0.4, 0.5) is 5.69 Å². The second-order valence-electron chi connectivity index (χ2n) is 5.37. The van der Waals surface area contributed by atoms with E-state index in [0.29, 0.717) is 0 Å². The number of aryl methyl sites for hydroxylation is 1. The van der Waals surface area contributed by atoms with Crippen LogP contribution in [0.15, 0.2) is 53.8 Å². The molecule has 0 aliphatic rings. The summed E-state index contributed by atoms with van der Waals surface area (Å²) in [6, 6.07) is 10.9. The van der Waals surface area contributed by atoms with Crippen LogP contribution in [0.2, 0.25) is 0 Å². The first-order valence-corrected chi connectivity index (χ1v) is 7.32. The fourth-order valence-electron chi connectivity index (χ4n) is 2.52. The number of hydrogen-bond donors (Lipinski definition) is 2. The molecule has 0 fully saturated rings. The molecule has 0 aliphatic carbocycles. The number of carbonyl (C=O) groups is 1. The molecule has 0 atom stereocenters. The maximum atomic E-state index is 12.1. The lowest BCUT2D eigenvalue weighted by Gasteiger charge is -2.02. The molecule has 0 spiro atoms. The molecule has 8 nitrogen and oxygen atoms in total. The summed E-state index contributed by atoms with van der Waals surface area (Å²) in [7, 11) is 1.90. The van der Waals surface area contributed by atoms with Crippen LogP contribution >= 0.6 is 0 Å². The van der Waals surface area contributed by atoms with E-state index in [1.165, 1.54) is 6.21 Å². The maximum absolute atomic E-state index is 12.1. The Morgan fingerprint density at radius 1 is 1.32 bits per heavy atom. The SMILES string of the molecule is Cn1cc(/C=N\NC(=O)c2cc([N+](=O)[O-])ccc2O)c2ccccc21. The molecule has 0 saturated carbocycles. The fraction of sp³-hybridized carbons (Fsp3) is 0.0588. The van der Waals surface area contributed by atoms with Gasteiger partial charge in [0.2, 0.25) is 0 Å². The third-order valence-electron chi connectivity index (χ3n) is 3.73. The molecule has 2 N–H and O–H groups in total. The Morgan fingerprint density at radius 2 is 2.08 bits per heavy atom. The lowest BCUT2D eigenvalue weighted by Crippen LogP contribution is -2.17. The third-order valence-corrected chi connectivity index (χ3v) is 3.73. The van der Waals surface area contributed by atoms with Crippen molar-refractivity contribution in [3.8, 4) is 5.75 Å². The van der Waals surface area contributed by atoms with E-state index in [2.05, 4.69) is 10.5 Å². The number of phenols is 1. The first-order valence-electron chi connectivity index (χ1n) is 7.32. The largest absolute Gasteiger partial charge is 0.507 e. The Bertz CT molecular complexity index is 1010. The summed E-state index contributed by atoms with van der Waals surface area (Å²) < 4.78 is 1.94. The lowest BCUT2D eigenvalue weighted by molar-refractivity contribution is -0.384. The van der Waals surface area contributed by atoms with Crippen LogP contribution < -0.4 is 5.43 Å². The van der Waals surface area contributed by atoms with E-state index in [4.69, 9.17) is 0 Å². The van der Waals surface area contributed by atoms with Crippen LogP contribution in [0.5, 0.6) is 5.75 Å². The zero-order valence-corrected chi connectivity index (χ0v) is 13.2. The van der Waals surface area contributed by atoms with E-state index >= 15 is 0 Å². The molecule has 126 valence electrons. The van der Waals surface area contributed by atoms with Gasteiger partial charge in [0.05, 0.1) is 16.7 Å². The van der Waals surface area contributed by atoms with Crippen LogP contribution in [-0.4, -0.2) is 26.7 Å². The van der Waals surface area contributed by atoms with Gasteiger partial charge in [-0.2, -0.15) is 5.10 Å². The summed E-state index contributed by atoms with van der Waals surface area (Å²) in [5, 5.41) is 25.3. The summed E-state index contributed by atoms with van der Waals surface area (Å²) in [4.78, 5) is 22.2. The number of non-ortho nitro benzene ring substituents is 1. The highest BCUT2D eigenvalue weighted by molar-refractivity contribution is 6.01. The van der Waals surface area contributed by atoms with Crippen molar-refractivity contribution in [3.63, 3.8) is 0 Å². The quantitative estimate of drug-likeness (QED) is 0.433. The summed E-state index contributed by atoms with van der Waals surface area (Å²) in [6.07, 6.45) is 3.35. The number of carbonyl (C=O) groups excluding carboxylic acids is 1. The van der Waals surface area contributed by atoms with Crippen molar-refractivity contribution in [2.75, 3.05) is 0 Å². The molecular weight excluding hydrogens is 324 g/mol. The number of phenolic OH excluding ortho intramolecular Hbond substituents is 1. The molecule has 25 heavy (non-hydrogen) atoms. The number of para-hydroxylation sites is 1. The monoisotopic (exact) mass is 338 g/mol. The highest BCUT2D eigenvalue weighted by Gasteiger charge is 2.16. The van der Waals surface area contributed by atoms with Crippen molar-refractivity contribution in [1.29, 1.82) is 0 Å². The van der Waals surface area contributed by atoms with Gasteiger partial charge in [0, 0.05) is 41.8 Å². The number of nitrogens with one attached hydrogen (secondary N) is 1. The van der Waals surface area contributed by atoms with Gasteiger partial charge in [-0.25, -0.2) is 5.43 Å². The van der Waals surface area contributed by atoms with Crippen molar-refractivity contribution >= 4 is 28.7 Å². The van der Waals surface area contributed by atoms with Gasteiger partial charge in [-0.1, -0.05) is 18.2 Å². The van der Waals surface area contributed by atoms with Crippen LogP contribution in [-0.2, 0) is 7.05 Å². The Balaban J connectivity index is 1.81. The number of aromatic hydroxyl groups is 1. The summed E-state index contributed by atoms with van der Waals surface area (Å²) in [5.41, 5.74) is 3.59. The molecule has 0 saturated heterocycles. The summed E-state index contributed by atoms with van der Waals surface area (Å²) in [5.74, 6) is -1.10. The summed E-state index contributed by atoms with van der Waals surface area (Å²) >= 11 is 0. The van der Waals surface area contributed by atoms with E-state index in [1.807, 2.05) is 42.1 Å². The number of nitrogens with zero attached hydrogens (tertiary/aromatic N) is 3. The van der Waals surface area contributed by atoms with Gasteiger partial charge in [0.1, 0.15) is 5.75 Å². The number of benzene rings is 2. The van der Waals surface area contributed by atoms with Gasteiger partial charge in [-0.05, 0) is 12.1 Å². The molecule has 3 aromatic rings. The van der Waals surface area contributed by atoms with Gasteiger partial charge in [0.15, 0.2) is 0 Å².